The third kappa shape index (κ3) is 1.69. The number of rotatable bonds is 0. The quantitative estimate of drug-likeness (QED) is 0.618. The van der Waals surface area contributed by atoms with E-state index in [9.17, 15) is 0 Å². The Labute approximate surface area is 78.4 Å². The lowest BCUT2D eigenvalue weighted by atomic mass is 10.3. The topological polar surface area (TPSA) is 30.7 Å². The fraction of sp³-hybridized carbons (Fsp3) is 0.400. The second-order valence-electron chi connectivity index (χ2n) is 2.66. The smallest absolute Gasteiger partial charge is 0.177 e. The molecule has 0 aromatic carbocycles. The van der Waals surface area contributed by atoms with E-state index in [0.717, 1.165) is 11.2 Å². The molecule has 0 aliphatic heterocycles. The fourth-order valence-electron chi connectivity index (χ4n) is 1.27. The van der Waals surface area contributed by atoms with Crippen LogP contribution < -0.4 is 0 Å². The number of hydrogen-bond donors (Lipinski definition) is 0. The van der Waals surface area contributed by atoms with Gasteiger partial charge in [0.15, 0.2) is 5.65 Å². The molecule has 0 unspecified atom stereocenters. The molecular formula is C10H15N3. The van der Waals surface area contributed by atoms with Crippen molar-refractivity contribution in [2.45, 2.75) is 20.8 Å². The summed E-state index contributed by atoms with van der Waals surface area (Å²) >= 11 is 0. The number of fused-ring (bicyclic) bond motifs is 1. The molecule has 0 N–H and O–H groups in total. The van der Waals surface area contributed by atoms with Gasteiger partial charge in [-0.15, -0.1) is 0 Å². The lowest BCUT2D eigenvalue weighted by Gasteiger charge is -1.96. The monoisotopic (exact) mass is 177 g/mol. The van der Waals surface area contributed by atoms with Crippen molar-refractivity contribution in [3.8, 4) is 0 Å². The molecule has 2 aromatic heterocycles. The number of hydrogen-bond acceptors (Lipinski definition) is 2. The van der Waals surface area contributed by atoms with Gasteiger partial charge < -0.3 is 4.57 Å². The van der Waals surface area contributed by atoms with E-state index in [4.69, 9.17) is 0 Å². The number of imidazole rings is 1. The summed E-state index contributed by atoms with van der Waals surface area (Å²) in [5.74, 6) is 0. The van der Waals surface area contributed by atoms with E-state index >= 15 is 0 Å². The average molecular weight is 177 g/mol. The molecule has 2 heterocycles. The van der Waals surface area contributed by atoms with Crippen molar-refractivity contribution in [1.29, 1.82) is 0 Å². The van der Waals surface area contributed by atoms with Crippen molar-refractivity contribution in [2.75, 3.05) is 0 Å². The summed E-state index contributed by atoms with van der Waals surface area (Å²) in [6.45, 7) is 6.06. The molecule has 3 nitrogen and oxygen atoms in total. The largest absolute Gasteiger partial charge is 0.332 e. The minimum absolute atomic E-state index is 0.826. The lowest BCUT2D eigenvalue weighted by Crippen LogP contribution is -1.87. The Bertz CT molecular complexity index is 390. The van der Waals surface area contributed by atoms with E-state index in [1.165, 1.54) is 5.56 Å². The number of aryl methyl sites for hydroxylation is 2. The van der Waals surface area contributed by atoms with Crippen LogP contribution in [0.1, 0.15) is 19.4 Å². The minimum Gasteiger partial charge on any atom is -0.332 e. The number of aromatic nitrogens is 3. The van der Waals surface area contributed by atoms with Gasteiger partial charge in [0.2, 0.25) is 0 Å². The van der Waals surface area contributed by atoms with Crippen LogP contribution >= 0.6 is 0 Å². The Kier molecular flexibility index (Phi) is 3.01. The molecule has 0 fully saturated rings. The van der Waals surface area contributed by atoms with Gasteiger partial charge in [-0.1, -0.05) is 13.8 Å². The van der Waals surface area contributed by atoms with Crippen LogP contribution in [-0.4, -0.2) is 14.5 Å². The first kappa shape index (κ1) is 9.71. The molecule has 2 rings (SSSR count). The molecule has 70 valence electrons. The van der Waals surface area contributed by atoms with E-state index in [-0.39, 0.29) is 0 Å². The highest BCUT2D eigenvalue weighted by atomic mass is 15.1. The van der Waals surface area contributed by atoms with Crippen LogP contribution in [-0.2, 0) is 7.05 Å². The minimum atomic E-state index is 0.826. The van der Waals surface area contributed by atoms with Crippen LogP contribution in [0, 0.1) is 6.92 Å². The van der Waals surface area contributed by atoms with E-state index in [1.54, 1.807) is 12.5 Å². The van der Waals surface area contributed by atoms with Gasteiger partial charge in [0, 0.05) is 13.2 Å². The van der Waals surface area contributed by atoms with E-state index < -0.39 is 0 Å². The van der Waals surface area contributed by atoms with Crippen LogP contribution in [0.5, 0.6) is 0 Å². The van der Waals surface area contributed by atoms with Gasteiger partial charge >= 0.3 is 0 Å². The van der Waals surface area contributed by atoms with Crippen LogP contribution in [0.4, 0.5) is 0 Å². The zero-order valence-electron chi connectivity index (χ0n) is 8.57. The summed E-state index contributed by atoms with van der Waals surface area (Å²) in [5.41, 5.74) is 3.16. The SMILES string of the molecule is CC.Cc1ccnc2ncn(C)c12. The molecule has 0 atom stereocenters. The van der Waals surface area contributed by atoms with Gasteiger partial charge in [0.05, 0.1) is 11.8 Å². The summed E-state index contributed by atoms with van der Waals surface area (Å²) in [6, 6.07) is 1.99. The van der Waals surface area contributed by atoms with Gasteiger partial charge in [-0.25, -0.2) is 9.97 Å². The Morgan fingerprint density at radius 3 is 2.54 bits per heavy atom. The third-order valence-electron chi connectivity index (χ3n) is 1.81. The zero-order valence-corrected chi connectivity index (χ0v) is 8.57. The molecule has 0 spiro atoms. The highest BCUT2D eigenvalue weighted by molar-refractivity contribution is 5.74. The normalized spacial score (nSPS) is 9.54. The molecule has 0 saturated heterocycles. The van der Waals surface area contributed by atoms with Crippen LogP contribution in [0.15, 0.2) is 18.6 Å². The number of pyridine rings is 1. The standard InChI is InChI=1S/C8H9N3.C2H6/c1-6-3-4-9-8-7(6)11(2)5-10-8;1-2/h3-5H,1-2H3;1-2H3. The molecule has 0 bridgehead atoms. The zero-order chi connectivity index (χ0) is 9.84. The van der Waals surface area contributed by atoms with Crippen LogP contribution in [0.25, 0.3) is 11.2 Å². The second-order valence-corrected chi connectivity index (χ2v) is 2.66. The molecule has 0 amide bonds. The Morgan fingerprint density at radius 2 is 1.92 bits per heavy atom. The number of nitrogens with zero attached hydrogens (tertiary/aromatic N) is 3. The predicted octanol–water partition coefficient (Wildman–Crippen LogP) is 2.30. The molecule has 0 saturated carbocycles. The van der Waals surface area contributed by atoms with Crippen molar-refractivity contribution in [1.82, 2.24) is 14.5 Å². The van der Waals surface area contributed by atoms with Crippen molar-refractivity contribution >= 4 is 11.2 Å². The van der Waals surface area contributed by atoms with Gasteiger partial charge in [0.25, 0.3) is 0 Å². The van der Waals surface area contributed by atoms with Gasteiger partial charge in [0.1, 0.15) is 0 Å². The Balaban J connectivity index is 0.000000396. The average Bonchev–Trinajstić information content (AvgIpc) is 2.53. The highest BCUT2D eigenvalue weighted by Gasteiger charge is 2.01. The first-order valence-corrected chi connectivity index (χ1v) is 4.51. The van der Waals surface area contributed by atoms with Crippen molar-refractivity contribution < 1.29 is 0 Å². The lowest BCUT2D eigenvalue weighted by molar-refractivity contribution is 0.943. The molecule has 0 aliphatic rings. The Morgan fingerprint density at radius 1 is 1.23 bits per heavy atom. The summed E-state index contributed by atoms with van der Waals surface area (Å²) in [6.07, 6.45) is 3.56. The van der Waals surface area contributed by atoms with Gasteiger partial charge in [-0.2, -0.15) is 0 Å². The van der Waals surface area contributed by atoms with E-state index in [2.05, 4.69) is 16.9 Å². The summed E-state index contributed by atoms with van der Waals surface area (Å²) in [7, 11) is 1.98. The molecular weight excluding hydrogens is 162 g/mol. The molecule has 0 aliphatic carbocycles. The van der Waals surface area contributed by atoms with Crippen LogP contribution in [0.3, 0.4) is 0 Å². The van der Waals surface area contributed by atoms with Gasteiger partial charge in [-0.05, 0) is 18.6 Å². The first-order valence-electron chi connectivity index (χ1n) is 4.51. The molecule has 13 heavy (non-hydrogen) atoms. The molecule has 3 heteroatoms. The van der Waals surface area contributed by atoms with E-state index in [1.807, 2.05) is 31.5 Å². The molecule has 2 aromatic rings. The third-order valence-corrected chi connectivity index (χ3v) is 1.81. The van der Waals surface area contributed by atoms with E-state index in [0.29, 0.717) is 0 Å². The summed E-state index contributed by atoms with van der Waals surface area (Å²) < 4.78 is 1.98. The molecule has 0 radical (unpaired) electrons. The predicted molar refractivity (Wildman–Crippen MR) is 54.6 cm³/mol. The van der Waals surface area contributed by atoms with Crippen LogP contribution in [0.2, 0.25) is 0 Å². The maximum absolute atomic E-state index is 4.13. The van der Waals surface area contributed by atoms with Gasteiger partial charge in [-0.3, -0.25) is 0 Å². The summed E-state index contributed by atoms with van der Waals surface area (Å²) in [5, 5.41) is 0. The fourth-order valence-corrected chi connectivity index (χ4v) is 1.27. The van der Waals surface area contributed by atoms with Crippen molar-refractivity contribution in [3.63, 3.8) is 0 Å². The second kappa shape index (κ2) is 4.03. The van der Waals surface area contributed by atoms with Crippen molar-refractivity contribution in [2.24, 2.45) is 7.05 Å². The Hall–Kier alpha value is -1.38. The first-order chi connectivity index (χ1) is 6.29. The summed E-state index contributed by atoms with van der Waals surface area (Å²) in [4.78, 5) is 8.26. The maximum Gasteiger partial charge on any atom is 0.177 e. The van der Waals surface area contributed by atoms with Crippen molar-refractivity contribution in [3.05, 3.63) is 24.2 Å². The highest BCUT2D eigenvalue weighted by Crippen LogP contribution is 2.12. The maximum atomic E-state index is 4.13.